The molecule has 2 rings (SSSR count). The van der Waals surface area contributed by atoms with Gasteiger partial charge in [0.05, 0.1) is 0 Å². The van der Waals surface area contributed by atoms with E-state index in [1.165, 1.54) is 6.92 Å². The van der Waals surface area contributed by atoms with Crippen LogP contribution in [0.3, 0.4) is 0 Å². The number of nitrogens with zero attached hydrogens (tertiary/aromatic N) is 2. The van der Waals surface area contributed by atoms with Gasteiger partial charge < -0.3 is 21.3 Å². The molecule has 0 fully saturated rings. The Hall–Kier alpha value is -2.03. The van der Waals surface area contributed by atoms with Crippen LogP contribution in [0.25, 0.3) is 0 Å². The maximum absolute atomic E-state index is 10.9. The molecule has 2 atom stereocenters. The Labute approximate surface area is 119 Å². The molecule has 0 aliphatic carbocycles. The summed E-state index contributed by atoms with van der Waals surface area (Å²) in [4.78, 5) is 10.9. The lowest BCUT2D eigenvalue weighted by atomic mass is 10.0. The molecule has 2 aromatic rings. The number of benzene rings is 1. The lowest BCUT2D eigenvalue weighted by molar-refractivity contribution is -0.114. The van der Waals surface area contributed by atoms with Crippen LogP contribution in [0.2, 0.25) is 0 Å². The first kappa shape index (κ1) is 14.4. The molecular formula is C12H14N4O3S. The number of aliphatic hydroxyl groups excluding tert-OH is 2. The predicted octanol–water partition coefficient (Wildman–Crippen LogP) is 0.846. The fourth-order valence-corrected chi connectivity index (χ4v) is 2.37. The number of nitrogens with one attached hydrogen (secondary N) is 1. The third-order valence-electron chi connectivity index (χ3n) is 2.55. The Bertz CT molecular complexity index is 599. The van der Waals surface area contributed by atoms with Gasteiger partial charge in [0, 0.05) is 12.6 Å². The van der Waals surface area contributed by atoms with Crippen molar-refractivity contribution in [3.63, 3.8) is 0 Å². The van der Waals surface area contributed by atoms with E-state index in [0.29, 0.717) is 11.3 Å². The number of hydrogen-bond donors (Lipinski definition) is 4. The summed E-state index contributed by atoms with van der Waals surface area (Å²) < 4.78 is 0. The van der Waals surface area contributed by atoms with Crippen LogP contribution < -0.4 is 11.1 Å². The zero-order valence-electron chi connectivity index (χ0n) is 10.6. The quantitative estimate of drug-likeness (QED) is 0.620. The molecule has 0 saturated carbocycles. The average Bonchev–Trinajstić information content (AvgIpc) is 2.85. The van der Waals surface area contributed by atoms with Crippen LogP contribution >= 0.6 is 11.3 Å². The second kappa shape index (κ2) is 5.95. The number of rotatable bonds is 4. The van der Waals surface area contributed by atoms with Crippen molar-refractivity contribution in [3.8, 4) is 0 Å². The zero-order valence-corrected chi connectivity index (χ0v) is 11.5. The van der Waals surface area contributed by atoms with Gasteiger partial charge in [-0.05, 0) is 17.7 Å². The lowest BCUT2D eigenvalue weighted by Crippen LogP contribution is -2.10. The molecule has 0 aliphatic heterocycles. The molecule has 8 heteroatoms. The number of aliphatic hydroxyl groups is 2. The summed E-state index contributed by atoms with van der Waals surface area (Å²) in [6.45, 7) is 1.35. The Kier molecular flexibility index (Phi) is 4.28. The van der Waals surface area contributed by atoms with Gasteiger partial charge in [0.1, 0.15) is 12.2 Å². The van der Waals surface area contributed by atoms with Crippen molar-refractivity contribution >= 4 is 28.1 Å². The molecule has 7 nitrogen and oxygen atoms in total. The van der Waals surface area contributed by atoms with Gasteiger partial charge in [-0.15, -0.1) is 10.2 Å². The molecule has 1 amide bonds. The largest absolute Gasteiger partial charge is 0.399 e. The van der Waals surface area contributed by atoms with Crippen LogP contribution in [-0.2, 0) is 4.79 Å². The SMILES string of the molecule is CC(=O)Nc1nnc([C@H](O)[C@H](O)c2ccc(N)cc2)s1. The molecule has 0 unspecified atom stereocenters. The Balaban J connectivity index is 2.13. The highest BCUT2D eigenvalue weighted by atomic mass is 32.1. The van der Waals surface area contributed by atoms with E-state index in [4.69, 9.17) is 5.73 Å². The molecule has 1 aromatic carbocycles. The Morgan fingerprint density at radius 2 is 1.90 bits per heavy atom. The Morgan fingerprint density at radius 3 is 2.50 bits per heavy atom. The third kappa shape index (κ3) is 3.29. The van der Waals surface area contributed by atoms with Crippen LogP contribution in [0, 0.1) is 0 Å². The average molecular weight is 294 g/mol. The molecule has 1 aromatic heterocycles. The number of nitrogen functional groups attached to an aromatic ring is 1. The second-order valence-corrected chi connectivity index (χ2v) is 5.19. The number of nitrogens with two attached hydrogens (primary N) is 1. The smallest absolute Gasteiger partial charge is 0.223 e. The summed E-state index contributed by atoms with van der Waals surface area (Å²) in [5.41, 5.74) is 6.64. The monoisotopic (exact) mass is 294 g/mol. The summed E-state index contributed by atoms with van der Waals surface area (Å²) in [6.07, 6.45) is -2.37. The fraction of sp³-hybridized carbons (Fsp3) is 0.250. The van der Waals surface area contributed by atoms with E-state index in [2.05, 4.69) is 15.5 Å². The highest BCUT2D eigenvalue weighted by Gasteiger charge is 2.24. The number of aromatic nitrogens is 2. The lowest BCUT2D eigenvalue weighted by Gasteiger charge is -2.15. The third-order valence-corrected chi connectivity index (χ3v) is 3.46. The molecule has 20 heavy (non-hydrogen) atoms. The van der Waals surface area contributed by atoms with E-state index >= 15 is 0 Å². The number of anilines is 2. The summed E-state index contributed by atoms with van der Waals surface area (Å²) >= 11 is 1.01. The van der Waals surface area contributed by atoms with Gasteiger partial charge in [0.25, 0.3) is 0 Å². The minimum absolute atomic E-state index is 0.220. The van der Waals surface area contributed by atoms with E-state index in [-0.39, 0.29) is 16.0 Å². The maximum Gasteiger partial charge on any atom is 0.223 e. The Morgan fingerprint density at radius 1 is 1.25 bits per heavy atom. The standard InChI is InChI=1S/C12H14N4O3S/c1-6(17)14-12-16-15-11(20-12)10(19)9(18)7-2-4-8(13)5-3-7/h2-5,9-10,18-19H,13H2,1H3,(H,14,16,17)/t9-,10-/m1/s1. The normalized spacial score (nSPS) is 13.8. The van der Waals surface area contributed by atoms with Gasteiger partial charge in [0.15, 0.2) is 5.01 Å². The highest BCUT2D eigenvalue weighted by Crippen LogP contribution is 2.31. The van der Waals surface area contributed by atoms with Crippen LogP contribution in [-0.4, -0.2) is 26.3 Å². The second-order valence-electron chi connectivity index (χ2n) is 4.18. The molecular weight excluding hydrogens is 280 g/mol. The van der Waals surface area contributed by atoms with Crippen molar-refractivity contribution < 1.29 is 15.0 Å². The fourth-order valence-electron chi connectivity index (χ4n) is 1.57. The van der Waals surface area contributed by atoms with Gasteiger partial charge in [-0.2, -0.15) is 0 Å². The van der Waals surface area contributed by atoms with Gasteiger partial charge >= 0.3 is 0 Å². The summed E-state index contributed by atoms with van der Waals surface area (Å²) in [7, 11) is 0. The van der Waals surface area contributed by atoms with E-state index in [1.54, 1.807) is 24.3 Å². The van der Waals surface area contributed by atoms with Crippen molar-refractivity contribution in [1.82, 2.24) is 10.2 Å². The summed E-state index contributed by atoms with van der Waals surface area (Å²) in [5.74, 6) is -0.277. The van der Waals surface area contributed by atoms with Gasteiger partial charge in [-0.25, -0.2) is 0 Å². The van der Waals surface area contributed by atoms with Crippen molar-refractivity contribution in [2.75, 3.05) is 11.1 Å². The van der Waals surface area contributed by atoms with Gasteiger partial charge in [0.2, 0.25) is 11.0 Å². The van der Waals surface area contributed by atoms with Crippen molar-refractivity contribution in [3.05, 3.63) is 34.8 Å². The van der Waals surface area contributed by atoms with Gasteiger partial charge in [-0.3, -0.25) is 4.79 Å². The molecule has 0 saturated heterocycles. The van der Waals surface area contributed by atoms with Gasteiger partial charge in [-0.1, -0.05) is 23.5 Å². The molecule has 0 radical (unpaired) electrons. The van der Waals surface area contributed by atoms with E-state index in [1.807, 2.05) is 0 Å². The topological polar surface area (TPSA) is 121 Å². The minimum atomic E-state index is -1.22. The van der Waals surface area contributed by atoms with E-state index in [0.717, 1.165) is 11.3 Å². The first-order valence-electron chi connectivity index (χ1n) is 5.80. The molecule has 0 spiro atoms. The summed E-state index contributed by atoms with van der Waals surface area (Å²) in [6, 6.07) is 6.51. The molecule has 0 bridgehead atoms. The van der Waals surface area contributed by atoms with Crippen LogP contribution in [0.15, 0.2) is 24.3 Å². The van der Waals surface area contributed by atoms with Crippen molar-refractivity contribution in [2.24, 2.45) is 0 Å². The molecule has 1 heterocycles. The first-order valence-corrected chi connectivity index (χ1v) is 6.61. The van der Waals surface area contributed by atoms with E-state index < -0.39 is 12.2 Å². The first-order chi connectivity index (χ1) is 9.47. The van der Waals surface area contributed by atoms with Crippen molar-refractivity contribution in [2.45, 2.75) is 19.1 Å². The molecule has 0 aliphatic rings. The van der Waals surface area contributed by atoms with Crippen molar-refractivity contribution in [1.29, 1.82) is 0 Å². The summed E-state index contributed by atoms with van der Waals surface area (Å²) in [5, 5.41) is 30.6. The van der Waals surface area contributed by atoms with Crippen LogP contribution in [0.5, 0.6) is 0 Å². The molecule has 106 valence electrons. The van der Waals surface area contributed by atoms with E-state index in [9.17, 15) is 15.0 Å². The number of carbonyl (C=O) groups excluding carboxylic acids is 1. The predicted molar refractivity (Wildman–Crippen MR) is 75.0 cm³/mol. The number of hydrogen-bond acceptors (Lipinski definition) is 7. The minimum Gasteiger partial charge on any atom is -0.399 e. The zero-order chi connectivity index (χ0) is 14.7. The maximum atomic E-state index is 10.9. The highest BCUT2D eigenvalue weighted by molar-refractivity contribution is 7.15. The van der Waals surface area contributed by atoms with Crippen LogP contribution in [0.1, 0.15) is 29.7 Å². The molecule has 5 N–H and O–H groups in total. The van der Waals surface area contributed by atoms with Crippen LogP contribution in [0.4, 0.5) is 10.8 Å². The number of amides is 1. The number of carbonyl (C=O) groups is 1.